The Morgan fingerprint density at radius 2 is 2.35 bits per heavy atom. The van der Waals surface area contributed by atoms with E-state index in [0.717, 1.165) is 0 Å². The first-order chi connectivity index (χ1) is 11.1. The molecule has 0 unspecified atom stereocenters. The van der Waals surface area contributed by atoms with Gasteiger partial charge in [0, 0.05) is 12.6 Å². The van der Waals surface area contributed by atoms with E-state index in [4.69, 9.17) is 9.47 Å². The quantitative estimate of drug-likeness (QED) is 0.837. The topological polar surface area (TPSA) is 69.5 Å². The number of rotatable bonds is 4. The average molecular weight is 320 g/mol. The van der Waals surface area contributed by atoms with Gasteiger partial charge in [-0.05, 0) is 12.1 Å². The van der Waals surface area contributed by atoms with Crippen molar-refractivity contribution < 1.29 is 18.7 Å². The number of halogens is 1. The Kier molecular flexibility index (Phi) is 4.52. The molecule has 2 heterocycles. The molecule has 0 radical (unpaired) electrons. The lowest BCUT2D eigenvalue weighted by molar-refractivity contribution is -0.137. The average Bonchev–Trinajstić information content (AvgIpc) is 2.82. The second-order valence-electron chi connectivity index (χ2n) is 5.17. The molecule has 3 rings (SSSR count). The minimum absolute atomic E-state index is 0.101. The van der Waals surface area contributed by atoms with E-state index in [1.807, 2.05) is 0 Å². The highest BCUT2D eigenvalue weighted by atomic mass is 19.1. The van der Waals surface area contributed by atoms with Crippen LogP contribution in [-0.4, -0.2) is 45.3 Å². The SMILES string of the molecule is Cn1ncnc1COCC(=O)N1CCOc2cccc(F)c2C1. The number of hydrogen-bond acceptors (Lipinski definition) is 5. The maximum absolute atomic E-state index is 13.9. The van der Waals surface area contributed by atoms with Gasteiger partial charge in [0.1, 0.15) is 37.7 Å². The molecule has 1 aliphatic rings. The summed E-state index contributed by atoms with van der Waals surface area (Å²) in [5, 5.41) is 3.92. The molecule has 1 amide bonds. The van der Waals surface area contributed by atoms with Crippen LogP contribution in [-0.2, 0) is 29.7 Å². The van der Waals surface area contributed by atoms with E-state index >= 15 is 0 Å². The van der Waals surface area contributed by atoms with Crippen molar-refractivity contribution in [2.75, 3.05) is 19.8 Å². The fraction of sp³-hybridized carbons (Fsp3) is 0.400. The van der Waals surface area contributed by atoms with Gasteiger partial charge in [0.2, 0.25) is 5.91 Å². The first-order valence-corrected chi connectivity index (χ1v) is 7.23. The van der Waals surface area contributed by atoms with Gasteiger partial charge in [0.25, 0.3) is 0 Å². The van der Waals surface area contributed by atoms with Crippen molar-refractivity contribution in [3.63, 3.8) is 0 Å². The number of fused-ring (bicyclic) bond motifs is 1. The van der Waals surface area contributed by atoms with E-state index in [2.05, 4.69) is 10.1 Å². The highest BCUT2D eigenvalue weighted by Gasteiger charge is 2.22. The molecule has 0 fully saturated rings. The molecule has 1 aliphatic heterocycles. The lowest BCUT2D eigenvalue weighted by Crippen LogP contribution is -2.35. The van der Waals surface area contributed by atoms with E-state index < -0.39 is 0 Å². The van der Waals surface area contributed by atoms with E-state index in [1.165, 1.54) is 17.3 Å². The van der Waals surface area contributed by atoms with Crippen molar-refractivity contribution in [3.8, 4) is 5.75 Å². The molecular weight excluding hydrogens is 303 g/mol. The van der Waals surface area contributed by atoms with E-state index in [9.17, 15) is 9.18 Å². The predicted molar refractivity (Wildman–Crippen MR) is 78.0 cm³/mol. The lowest BCUT2D eigenvalue weighted by Gasteiger charge is -2.19. The molecule has 0 saturated carbocycles. The van der Waals surface area contributed by atoms with Crippen LogP contribution in [0.1, 0.15) is 11.4 Å². The van der Waals surface area contributed by atoms with Crippen molar-refractivity contribution in [1.82, 2.24) is 19.7 Å². The van der Waals surface area contributed by atoms with Crippen molar-refractivity contribution in [2.24, 2.45) is 7.05 Å². The Labute approximate surface area is 132 Å². The molecule has 0 bridgehead atoms. The van der Waals surface area contributed by atoms with Crippen molar-refractivity contribution in [1.29, 1.82) is 0 Å². The monoisotopic (exact) mass is 320 g/mol. The predicted octanol–water partition coefficient (Wildman–Crippen LogP) is 0.892. The molecule has 1 aromatic heterocycles. The van der Waals surface area contributed by atoms with Gasteiger partial charge in [-0.25, -0.2) is 9.37 Å². The largest absolute Gasteiger partial charge is 0.491 e. The zero-order valence-electron chi connectivity index (χ0n) is 12.7. The molecule has 122 valence electrons. The normalized spacial score (nSPS) is 14.1. The summed E-state index contributed by atoms with van der Waals surface area (Å²) in [6, 6.07) is 4.66. The molecular formula is C15H17FN4O3. The second-order valence-corrected chi connectivity index (χ2v) is 5.17. The Morgan fingerprint density at radius 3 is 3.13 bits per heavy atom. The molecule has 1 aromatic carbocycles. The zero-order chi connectivity index (χ0) is 16.2. The van der Waals surface area contributed by atoms with Crippen molar-refractivity contribution in [2.45, 2.75) is 13.2 Å². The van der Waals surface area contributed by atoms with Crippen LogP contribution in [0, 0.1) is 5.82 Å². The number of amides is 1. The van der Waals surface area contributed by atoms with E-state index in [-0.39, 0.29) is 31.5 Å². The minimum Gasteiger partial charge on any atom is -0.491 e. The number of ether oxygens (including phenoxy) is 2. The van der Waals surface area contributed by atoms with Crippen molar-refractivity contribution >= 4 is 5.91 Å². The van der Waals surface area contributed by atoms with Crippen LogP contribution in [0.5, 0.6) is 5.75 Å². The third-order valence-electron chi connectivity index (χ3n) is 3.66. The van der Waals surface area contributed by atoms with Gasteiger partial charge in [0.15, 0.2) is 5.82 Å². The second kappa shape index (κ2) is 6.74. The van der Waals surface area contributed by atoms with E-state index in [1.54, 1.807) is 23.9 Å². The maximum atomic E-state index is 13.9. The lowest BCUT2D eigenvalue weighted by atomic mass is 10.2. The number of aromatic nitrogens is 3. The number of aryl methyl sites for hydroxylation is 1. The Bertz CT molecular complexity index is 704. The molecule has 0 aliphatic carbocycles. The number of carbonyl (C=O) groups is 1. The van der Waals surface area contributed by atoms with E-state index in [0.29, 0.717) is 30.3 Å². The first kappa shape index (κ1) is 15.4. The van der Waals surface area contributed by atoms with Gasteiger partial charge in [-0.2, -0.15) is 5.10 Å². The molecule has 23 heavy (non-hydrogen) atoms. The van der Waals surface area contributed by atoms with Crippen molar-refractivity contribution in [3.05, 3.63) is 41.7 Å². The van der Waals surface area contributed by atoms with Gasteiger partial charge in [-0.1, -0.05) is 6.07 Å². The number of hydrogen-bond donors (Lipinski definition) is 0. The molecule has 0 spiro atoms. The molecule has 8 heteroatoms. The fourth-order valence-corrected chi connectivity index (χ4v) is 2.35. The maximum Gasteiger partial charge on any atom is 0.249 e. The summed E-state index contributed by atoms with van der Waals surface area (Å²) in [7, 11) is 1.75. The third-order valence-corrected chi connectivity index (χ3v) is 3.66. The van der Waals surface area contributed by atoms with Crippen LogP contribution in [0.3, 0.4) is 0 Å². The van der Waals surface area contributed by atoms with Gasteiger partial charge >= 0.3 is 0 Å². The number of nitrogens with zero attached hydrogens (tertiary/aromatic N) is 4. The zero-order valence-corrected chi connectivity index (χ0v) is 12.7. The van der Waals surface area contributed by atoms with Gasteiger partial charge in [0.05, 0.1) is 13.1 Å². The molecule has 0 N–H and O–H groups in total. The van der Waals surface area contributed by atoms with Gasteiger partial charge in [-0.15, -0.1) is 0 Å². The number of carbonyl (C=O) groups excluding carboxylic acids is 1. The number of benzene rings is 1. The summed E-state index contributed by atoms with van der Waals surface area (Å²) in [6.07, 6.45) is 1.42. The summed E-state index contributed by atoms with van der Waals surface area (Å²) in [5.74, 6) is 0.530. The van der Waals surface area contributed by atoms with Crippen LogP contribution in [0.2, 0.25) is 0 Å². The summed E-state index contributed by atoms with van der Waals surface area (Å²) >= 11 is 0. The summed E-state index contributed by atoms with van der Waals surface area (Å²) < 4.78 is 26.4. The standard InChI is InChI=1S/C15H17FN4O3/c1-19-14(17-10-18-19)8-22-9-15(21)20-5-6-23-13-4-2-3-12(16)11(13)7-20/h2-4,10H,5-9H2,1H3. The smallest absolute Gasteiger partial charge is 0.249 e. The van der Waals surface area contributed by atoms with Gasteiger partial charge in [-0.3, -0.25) is 9.48 Å². The minimum atomic E-state index is -0.373. The fourth-order valence-electron chi connectivity index (χ4n) is 2.35. The van der Waals surface area contributed by atoms with Crippen LogP contribution in [0.15, 0.2) is 24.5 Å². The highest BCUT2D eigenvalue weighted by molar-refractivity contribution is 5.77. The van der Waals surface area contributed by atoms with Crippen LogP contribution >= 0.6 is 0 Å². The van der Waals surface area contributed by atoms with Crippen LogP contribution in [0.25, 0.3) is 0 Å². The Balaban J connectivity index is 1.59. The Hall–Kier alpha value is -2.48. The van der Waals surface area contributed by atoms with Gasteiger partial charge < -0.3 is 14.4 Å². The molecule has 0 atom stereocenters. The highest BCUT2D eigenvalue weighted by Crippen LogP contribution is 2.25. The Morgan fingerprint density at radius 1 is 1.48 bits per heavy atom. The first-order valence-electron chi connectivity index (χ1n) is 7.23. The summed E-state index contributed by atoms with van der Waals surface area (Å²) in [4.78, 5) is 17.8. The van der Waals surface area contributed by atoms with Crippen LogP contribution in [0.4, 0.5) is 4.39 Å². The summed E-state index contributed by atoms with van der Waals surface area (Å²) in [5.41, 5.74) is 0.395. The third kappa shape index (κ3) is 3.48. The molecule has 2 aromatic rings. The molecule has 0 saturated heterocycles. The summed E-state index contributed by atoms with van der Waals surface area (Å²) in [6.45, 7) is 0.980. The molecule has 7 nitrogen and oxygen atoms in total. The van der Waals surface area contributed by atoms with Crippen LogP contribution < -0.4 is 4.74 Å².